The predicted molar refractivity (Wildman–Crippen MR) is 82.8 cm³/mol. The summed E-state index contributed by atoms with van der Waals surface area (Å²) in [5, 5.41) is 24.8. The number of anilines is 1. The summed E-state index contributed by atoms with van der Waals surface area (Å²) in [6.07, 6.45) is -1.22. The second-order valence-electron chi connectivity index (χ2n) is 5.19. The summed E-state index contributed by atoms with van der Waals surface area (Å²) in [6, 6.07) is 1.05. The number of nitrogens with one attached hydrogen (secondary N) is 1. The standard InChI is InChI=1S/C13H13FN4O4S/c14-7-6-17(13(19)20)3-1-8(7)16-11-10(18(21)22)5-15-9-2-4-23-12(9)11/h2,4-5,7-8H,1,3,6H2,(H,15,16)(H,19,20). The van der Waals surface area contributed by atoms with E-state index in [9.17, 15) is 19.3 Å². The monoisotopic (exact) mass is 340 g/mol. The summed E-state index contributed by atoms with van der Waals surface area (Å²) in [5.41, 5.74) is 0.626. The van der Waals surface area contributed by atoms with E-state index in [0.29, 0.717) is 10.2 Å². The van der Waals surface area contributed by atoms with Crippen LogP contribution in [0.3, 0.4) is 0 Å². The van der Waals surface area contributed by atoms with Gasteiger partial charge in [0.1, 0.15) is 18.1 Å². The summed E-state index contributed by atoms with van der Waals surface area (Å²) < 4.78 is 14.8. The molecule has 3 heterocycles. The smallest absolute Gasteiger partial charge is 0.407 e. The van der Waals surface area contributed by atoms with E-state index in [-0.39, 0.29) is 30.9 Å². The van der Waals surface area contributed by atoms with Gasteiger partial charge in [-0.2, -0.15) is 0 Å². The average molecular weight is 340 g/mol. The van der Waals surface area contributed by atoms with Crippen LogP contribution in [0.1, 0.15) is 6.42 Å². The number of aromatic nitrogens is 1. The van der Waals surface area contributed by atoms with E-state index in [1.807, 2.05) is 0 Å². The number of likely N-dealkylation sites (tertiary alicyclic amines) is 1. The molecular formula is C13H13FN4O4S. The lowest BCUT2D eigenvalue weighted by Gasteiger charge is -2.33. The number of amides is 1. The van der Waals surface area contributed by atoms with E-state index in [2.05, 4.69) is 10.3 Å². The van der Waals surface area contributed by atoms with Crippen molar-refractivity contribution in [3.63, 3.8) is 0 Å². The van der Waals surface area contributed by atoms with Crippen molar-refractivity contribution in [1.29, 1.82) is 0 Å². The van der Waals surface area contributed by atoms with E-state index in [0.717, 1.165) is 11.1 Å². The molecule has 23 heavy (non-hydrogen) atoms. The first kappa shape index (κ1) is 15.4. The molecule has 0 aliphatic carbocycles. The number of nitro groups is 1. The number of hydrogen-bond acceptors (Lipinski definition) is 6. The second-order valence-corrected chi connectivity index (χ2v) is 6.11. The molecule has 1 aliphatic heterocycles. The Bertz CT molecular complexity index is 768. The Morgan fingerprint density at radius 3 is 3.04 bits per heavy atom. The number of carbonyl (C=O) groups is 1. The van der Waals surface area contributed by atoms with Gasteiger partial charge in [0.05, 0.1) is 27.7 Å². The first-order chi connectivity index (χ1) is 11.0. The van der Waals surface area contributed by atoms with Crippen LogP contribution in [0.15, 0.2) is 17.6 Å². The molecule has 0 spiro atoms. The number of carboxylic acid groups (broad SMARTS) is 1. The molecule has 2 aromatic heterocycles. The zero-order valence-corrected chi connectivity index (χ0v) is 12.6. The van der Waals surface area contributed by atoms with Gasteiger partial charge >= 0.3 is 11.8 Å². The highest BCUT2D eigenvalue weighted by Gasteiger charge is 2.33. The van der Waals surface area contributed by atoms with Crippen LogP contribution in [0, 0.1) is 10.1 Å². The normalized spacial score (nSPS) is 21.3. The van der Waals surface area contributed by atoms with Gasteiger partial charge in [0, 0.05) is 6.54 Å². The number of rotatable bonds is 3. The van der Waals surface area contributed by atoms with Crippen molar-refractivity contribution in [3.05, 3.63) is 27.8 Å². The molecule has 2 N–H and O–H groups in total. The number of alkyl halides is 1. The Morgan fingerprint density at radius 2 is 2.39 bits per heavy atom. The number of thiophene rings is 1. The van der Waals surface area contributed by atoms with Gasteiger partial charge in [0.25, 0.3) is 0 Å². The maximum Gasteiger partial charge on any atom is 0.407 e. The van der Waals surface area contributed by atoms with Crippen LogP contribution in [-0.2, 0) is 0 Å². The van der Waals surface area contributed by atoms with Gasteiger partial charge in [-0.15, -0.1) is 11.3 Å². The lowest BCUT2D eigenvalue weighted by molar-refractivity contribution is -0.384. The minimum absolute atomic E-state index is 0.180. The fraction of sp³-hybridized carbons (Fsp3) is 0.385. The molecule has 1 saturated heterocycles. The molecule has 8 nitrogen and oxygen atoms in total. The van der Waals surface area contributed by atoms with Crippen LogP contribution in [0.25, 0.3) is 10.2 Å². The van der Waals surface area contributed by atoms with Gasteiger partial charge in [-0.3, -0.25) is 10.1 Å². The molecule has 0 aromatic carbocycles. The Kier molecular flexibility index (Phi) is 3.99. The van der Waals surface area contributed by atoms with Crippen molar-refractivity contribution < 1.29 is 19.2 Å². The summed E-state index contributed by atoms with van der Waals surface area (Å²) in [5.74, 6) is 0. The zero-order chi connectivity index (χ0) is 16.6. The summed E-state index contributed by atoms with van der Waals surface area (Å²) in [7, 11) is 0. The number of pyridine rings is 1. The van der Waals surface area contributed by atoms with Gasteiger partial charge < -0.3 is 15.3 Å². The number of fused-ring (bicyclic) bond motifs is 1. The molecule has 1 aliphatic rings. The molecule has 0 saturated carbocycles. The summed E-state index contributed by atoms with van der Waals surface area (Å²) in [6.45, 7) is -0.0701. The van der Waals surface area contributed by atoms with Crippen molar-refractivity contribution in [2.75, 3.05) is 18.4 Å². The SMILES string of the molecule is O=C(O)N1CCC(Nc2c([N+](=O)[O-])cnc3ccsc23)C(F)C1. The van der Waals surface area contributed by atoms with Crippen molar-refractivity contribution in [2.24, 2.45) is 0 Å². The third-order valence-electron chi connectivity index (χ3n) is 3.79. The Balaban J connectivity index is 1.89. The van der Waals surface area contributed by atoms with Crippen LogP contribution in [-0.4, -0.2) is 51.3 Å². The first-order valence-corrected chi connectivity index (χ1v) is 7.74. The van der Waals surface area contributed by atoms with Crippen LogP contribution in [0.4, 0.5) is 20.6 Å². The van der Waals surface area contributed by atoms with E-state index < -0.39 is 23.2 Å². The van der Waals surface area contributed by atoms with Crippen molar-refractivity contribution in [2.45, 2.75) is 18.6 Å². The van der Waals surface area contributed by atoms with Crippen molar-refractivity contribution in [3.8, 4) is 0 Å². The maximum absolute atomic E-state index is 14.3. The topological polar surface area (TPSA) is 109 Å². The summed E-state index contributed by atoms with van der Waals surface area (Å²) >= 11 is 1.28. The largest absolute Gasteiger partial charge is 0.465 e. The Hall–Kier alpha value is -2.49. The fourth-order valence-electron chi connectivity index (χ4n) is 2.61. The molecule has 10 heteroatoms. The van der Waals surface area contributed by atoms with Gasteiger partial charge in [0.15, 0.2) is 0 Å². The van der Waals surface area contributed by atoms with Crippen LogP contribution in [0.5, 0.6) is 0 Å². The first-order valence-electron chi connectivity index (χ1n) is 6.86. The minimum atomic E-state index is -1.44. The highest BCUT2D eigenvalue weighted by atomic mass is 32.1. The molecule has 3 rings (SSSR count). The molecule has 122 valence electrons. The van der Waals surface area contributed by atoms with E-state index in [4.69, 9.17) is 5.11 Å². The predicted octanol–water partition coefficient (Wildman–Crippen LogP) is 2.71. The van der Waals surface area contributed by atoms with E-state index in [1.165, 1.54) is 11.3 Å². The molecular weight excluding hydrogens is 327 g/mol. The molecule has 2 unspecified atom stereocenters. The molecule has 2 atom stereocenters. The highest BCUT2D eigenvalue weighted by Crippen LogP contribution is 2.36. The number of nitrogens with zero attached hydrogens (tertiary/aromatic N) is 3. The van der Waals surface area contributed by atoms with E-state index >= 15 is 0 Å². The molecule has 1 fully saturated rings. The highest BCUT2D eigenvalue weighted by molar-refractivity contribution is 7.17. The second kappa shape index (κ2) is 5.95. The lowest BCUT2D eigenvalue weighted by atomic mass is 10.0. The Labute approximate surface area is 133 Å². The van der Waals surface area contributed by atoms with Crippen molar-refractivity contribution in [1.82, 2.24) is 9.88 Å². The number of hydrogen-bond donors (Lipinski definition) is 2. The summed E-state index contributed by atoms with van der Waals surface area (Å²) in [4.78, 5) is 26.6. The van der Waals surface area contributed by atoms with Gasteiger partial charge in [-0.05, 0) is 17.9 Å². The quantitative estimate of drug-likeness (QED) is 0.657. The maximum atomic E-state index is 14.3. The molecule has 1 amide bonds. The fourth-order valence-corrected chi connectivity index (χ4v) is 3.46. The lowest BCUT2D eigenvalue weighted by Crippen LogP contribution is -2.49. The zero-order valence-electron chi connectivity index (χ0n) is 11.8. The number of piperidine rings is 1. The minimum Gasteiger partial charge on any atom is -0.465 e. The third kappa shape index (κ3) is 2.89. The average Bonchev–Trinajstić information content (AvgIpc) is 2.97. The van der Waals surface area contributed by atoms with E-state index in [1.54, 1.807) is 11.4 Å². The van der Waals surface area contributed by atoms with Gasteiger partial charge in [-0.1, -0.05) is 0 Å². The van der Waals surface area contributed by atoms with Gasteiger partial charge in [-0.25, -0.2) is 14.2 Å². The van der Waals surface area contributed by atoms with Crippen LogP contribution >= 0.6 is 11.3 Å². The Morgan fingerprint density at radius 1 is 1.61 bits per heavy atom. The molecule has 0 radical (unpaired) electrons. The molecule has 2 aromatic rings. The van der Waals surface area contributed by atoms with Crippen LogP contribution < -0.4 is 5.32 Å². The van der Waals surface area contributed by atoms with Gasteiger partial charge in [0.2, 0.25) is 0 Å². The van der Waals surface area contributed by atoms with Crippen molar-refractivity contribution >= 4 is 39.0 Å². The van der Waals surface area contributed by atoms with Crippen LogP contribution in [0.2, 0.25) is 0 Å². The molecule has 0 bridgehead atoms. The third-order valence-corrected chi connectivity index (χ3v) is 4.71. The number of halogens is 1.